The van der Waals surface area contributed by atoms with Crippen LogP contribution in [-0.2, 0) is 4.79 Å². The largest absolute Gasteiger partial charge is 0.334 e. The maximum atomic E-state index is 12.3. The van der Waals surface area contributed by atoms with E-state index in [2.05, 4.69) is 18.8 Å². The highest BCUT2D eigenvalue weighted by Crippen LogP contribution is 2.30. The van der Waals surface area contributed by atoms with E-state index in [1.165, 1.54) is 0 Å². The number of amides is 1. The molecule has 1 amide bonds. The van der Waals surface area contributed by atoms with Gasteiger partial charge < -0.3 is 10.6 Å². The van der Waals surface area contributed by atoms with Crippen LogP contribution in [0.25, 0.3) is 0 Å². The van der Waals surface area contributed by atoms with Crippen molar-refractivity contribution in [2.45, 2.75) is 45.2 Å². The molecule has 2 rings (SSSR count). The molecule has 2 unspecified atom stereocenters. The van der Waals surface area contributed by atoms with Crippen molar-refractivity contribution < 1.29 is 4.79 Å². The number of hydrogen-bond acceptors (Lipinski definition) is 3. The van der Waals surface area contributed by atoms with Crippen LogP contribution in [0.3, 0.4) is 0 Å². The lowest BCUT2D eigenvalue weighted by Gasteiger charge is -2.35. The molecule has 1 aromatic rings. The van der Waals surface area contributed by atoms with E-state index in [-0.39, 0.29) is 18.0 Å². The zero-order valence-electron chi connectivity index (χ0n) is 11.7. The molecule has 0 spiro atoms. The second-order valence-electron chi connectivity index (χ2n) is 5.73. The molecule has 0 aromatic carbocycles. The summed E-state index contributed by atoms with van der Waals surface area (Å²) in [5.41, 5.74) is 7.36. The Morgan fingerprint density at radius 3 is 2.95 bits per heavy atom. The fraction of sp³-hybridized carbons (Fsp3) is 0.600. The molecule has 1 aliphatic rings. The Bertz CT molecular complexity index is 419. The van der Waals surface area contributed by atoms with Crippen molar-refractivity contribution in [1.29, 1.82) is 0 Å². The molecular formula is C15H23N3O. The summed E-state index contributed by atoms with van der Waals surface area (Å²) in [5.74, 6) is 0.656. The van der Waals surface area contributed by atoms with Gasteiger partial charge in [-0.3, -0.25) is 9.78 Å². The molecule has 1 saturated heterocycles. The van der Waals surface area contributed by atoms with Gasteiger partial charge in [-0.2, -0.15) is 0 Å². The summed E-state index contributed by atoms with van der Waals surface area (Å²) < 4.78 is 0. The Kier molecular flexibility index (Phi) is 4.53. The smallest absolute Gasteiger partial charge is 0.223 e. The first-order valence-electron chi connectivity index (χ1n) is 7.04. The standard InChI is InChI=1S/C15H23N3O/c1-11(2)10-18-14(19)7-3-6-13(16)15(18)12-5-4-8-17-9-12/h4-5,8-9,11,13,15H,3,6-7,10,16H2,1-2H3. The molecule has 1 aliphatic heterocycles. The van der Waals surface area contributed by atoms with Crippen molar-refractivity contribution in [3.8, 4) is 0 Å². The minimum Gasteiger partial charge on any atom is -0.334 e. The van der Waals surface area contributed by atoms with Crippen molar-refractivity contribution in [2.24, 2.45) is 11.7 Å². The van der Waals surface area contributed by atoms with Crippen molar-refractivity contribution in [1.82, 2.24) is 9.88 Å². The fourth-order valence-electron chi connectivity index (χ4n) is 2.76. The van der Waals surface area contributed by atoms with Gasteiger partial charge in [-0.1, -0.05) is 19.9 Å². The maximum Gasteiger partial charge on any atom is 0.223 e. The molecule has 0 radical (unpaired) electrons. The predicted molar refractivity (Wildman–Crippen MR) is 75.4 cm³/mol. The SMILES string of the molecule is CC(C)CN1C(=O)CCCC(N)C1c1cccnc1. The highest BCUT2D eigenvalue weighted by Gasteiger charge is 2.33. The molecule has 4 heteroatoms. The molecule has 2 N–H and O–H groups in total. The van der Waals surface area contributed by atoms with Crippen LogP contribution < -0.4 is 5.73 Å². The maximum absolute atomic E-state index is 12.3. The first-order chi connectivity index (χ1) is 9.09. The van der Waals surface area contributed by atoms with Crippen LogP contribution in [0.2, 0.25) is 0 Å². The van der Waals surface area contributed by atoms with Gasteiger partial charge in [0.1, 0.15) is 0 Å². The van der Waals surface area contributed by atoms with E-state index in [0.29, 0.717) is 12.3 Å². The number of carbonyl (C=O) groups excluding carboxylic acids is 1. The van der Waals surface area contributed by atoms with Crippen LogP contribution in [0.15, 0.2) is 24.5 Å². The third-order valence-corrected chi connectivity index (χ3v) is 3.58. The second kappa shape index (κ2) is 6.15. The number of nitrogens with two attached hydrogens (primary N) is 1. The average molecular weight is 261 g/mol. The van der Waals surface area contributed by atoms with Crippen LogP contribution in [-0.4, -0.2) is 28.4 Å². The van der Waals surface area contributed by atoms with Crippen molar-refractivity contribution in [3.05, 3.63) is 30.1 Å². The van der Waals surface area contributed by atoms with Gasteiger partial charge >= 0.3 is 0 Å². The van der Waals surface area contributed by atoms with E-state index in [4.69, 9.17) is 5.73 Å². The molecule has 19 heavy (non-hydrogen) atoms. The minimum absolute atomic E-state index is 0.00519. The molecule has 104 valence electrons. The monoisotopic (exact) mass is 261 g/mol. The molecular weight excluding hydrogens is 238 g/mol. The molecule has 0 aliphatic carbocycles. The normalized spacial score (nSPS) is 24.6. The Morgan fingerprint density at radius 1 is 1.53 bits per heavy atom. The van der Waals surface area contributed by atoms with Gasteiger partial charge in [-0.15, -0.1) is 0 Å². The lowest BCUT2D eigenvalue weighted by Crippen LogP contribution is -2.43. The predicted octanol–water partition coefficient (Wildman–Crippen LogP) is 2.12. The van der Waals surface area contributed by atoms with Crippen LogP contribution in [0.5, 0.6) is 0 Å². The highest BCUT2D eigenvalue weighted by atomic mass is 16.2. The van der Waals surface area contributed by atoms with E-state index in [1.54, 1.807) is 6.20 Å². The summed E-state index contributed by atoms with van der Waals surface area (Å²) in [4.78, 5) is 18.5. The van der Waals surface area contributed by atoms with Crippen LogP contribution in [0.1, 0.15) is 44.7 Å². The van der Waals surface area contributed by atoms with E-state index < -0.39 is 0 Å². The third-order valence-electron chi connectivity index (χ3n) is 3.58. The van der Waals surface area contributed by atoms with Gasteiger partial charge in [0.2, 0.25) is 5.91 Å². The molecule has 1 aromatic heterocycles. The summed E-state index contributed by atoms with van der Waals surface area (Å²) in [5, 5.41) is 0. The van der Waals surface area contributed by atoms with Crippen molar-refractivity contribution in [2.75, 3.05) is 6.54 Å². The van der Waals surface area contributed by atoms with E-state index in [0.717, 1.165) is 24.9 Å². The van der Waals surface area contributed by atoms with Gasteiger partial charge in [-0.25, -0.2) is 0 Å². The third kappa shape index (κ3) is 3.32. The minimum atomic E-state index is -0.0360. The Morgan fingerprint density at radius 2 is 2.32 bits per heavy atom. The Balaban J connectivity index is 2.33. The fourth-order valence-corrected chi connectivity index (χ4v) is 2.76. The highest BCUT2D eigenvalue weighted by molar-refractivity contribution is 5.77. The second-order valence-corrected chi connectivity index (χ2v) is 5.73. The lowest BCUT2D eigenvalue weighted by molar-refractivity contribution is -0.133. The van der Waals surface area contributed by atoms with Gasteiger partial charge in [0.25, 0.3) is 0 Å². The average Bonchev–Trinajstić information content (AvgIpc) is 2.50. The van der Waals surface area contributed by atoms with Crippen LogP contribution in [0, 0.1) is 5.92 Å². The quantitative estimate of drug-likeness (QED) is 0.906. The van der Waals surface area contributed by atoms with E-state index in [1.807, 2.05) is 23.2 Å². The number of rotatable bonds is 3. The number of pyridine rings is 1. The van der Waals surface area contributed by atoms with Gasteiger partial charge in [0, 0.05) is 31.4 Å². The molecule has 0 bridgehead atoms. The Hall–Kier alpha value is -1.42. The van der Waals surface area contributed by atoms with Gasteiger partial charge in [0.15, 0.2) is 0 Å². The molecule has 2 heterocycles. The number of likely N-dealkylation sites (tertiary alicyclic amines) is 1. The van der Waals surface area contributed by atoms with Gasteiger partial charge in [0.05, 0.1) is 6.04 Å². The van der Waals surface area contributed by atoms with Crippen molar-refractivity contribution in [3.63, 3.8) is 0 Å². The molecule has 1 fully saturated rings. The first kappa shape index (κ1) is 14.0. The summed E-state index contributed by atoms with van der Waals surface area (Å²) in [6.45, 7) is 5.01. The Labute approximate surface area is 115 Å². The molecule has 0 saturated carbocycles. The first-order valence-corrected chi connectivity index (χ1v) is 7.04. The zero-order valence-corrected chi connectivity index (χ0v) is 11.7. The zero-order chi connectivity index (χ0) is 13.8. The number of hydrogen-bond donors (Lipinski definition) is 1. The number of carbonyl (C=O) groups is 1. The lowest BCUT2D eigenvalue weighted by atomic mass is 9.97. The number of nitrogens with zero attached hydrogens (tertiary/aromatic N) is 2. The van der Waals surface area contributed by atoms with E-state index >= 15 is 0 Å². The summed E-state index contributed by atoms with van der Waals surface area (Å²) in [6, 6.07) is 3.88. The number of aromatic nitrogens is 1. The molecule has 2 atom stereocenters. The van der Waals surface area contributed by atoms with Gasteiger partial charge in [-0.05, 0) is 30.4 Å². The summed E-state index contributed by atoms with van der Waals surface area (Å²) in [6.07, 6.45) is 5.96. The van der Waals surface area contributed by atoms with E-state index in [9.17, 15) is 4.79 Å². The van der Waals surface area contributed by atoms with Crippen LogP contribution >= 0.6 is 0 Å². The summed E-state index contributed by atoms with van der Waals surface area (Å²) >= 11 is 0. The summed E-state index contributed by atoms with van der Waals surface area (Å²) in [7, 11) is 0. The van der Waals surface area contributed by atoms with Crippen molar-refractivity contribution >= 4 is 5.91 Å². The van der Waals surface area contributed by atoms with Crippen LogP contribution in [0.4, 0.5) is 0 Å². The molecule has 4 nitrogen and oxygen atoms in total. The topological polar surface area (TPSA) is 59.2 Å².